The van der Waals surface area contributed by atoms with Gasteiger partial charge in [0.2, 0.25) is 0 Å². The first-order valence-corrected chi connectivity index (χ1v) is 6.34. The van der Waals surface area contributed by atoms with Gasteiger partial charge in [-0.25, -0.2) is 0 Å². The zero-order valence-electron chi connectivity index (χ0n) is 11.0. The Kier molecular flexibility index (Phi) is 7.63. The molecule has 0 aliphatic rings. The first kappa shape index (κ1) is 14.2. The Morgan fingerprint density at radius 2 is 1.94 bits per heavy atom. The molecule has 17 heavy (non-hydrogen) atoms. The fourth-order valence-electron chi connectivity index (χ4n) is 1.46. The molecule has 0 saturated carbocycles. The number of nitrogens with one attached hydrogen (secondary N) is 1. The zero-order valence-corrected chi connectivity index (χ0v) is 11.0. The third-order valence-electron chi connectivity index (χ3n) is 2.74. The SMILES string of the molecule is CCN(C)CCNCCOCc1ccccc1. The molecule has 0 aliphatic carbocycles. The number of ether oxygens (including phenoxy) is 1. The van der Waals surface area contributed by atoms with Crippen LogP contribution >= 0.6 is 0 Å². The Hall–Kier alpha value is -0.900. The van der Waals surface area contributed by atoms with E-state index >= 15 is 0 Å². The number of rotatable bonds is 9. The summed E-state index contributed by atoms with van der Waals surface area (Å²) in [4.78, 5) is 2.29. The lowest BCUT2D eigenvalue weighted by atomic mass is 10.2. The van der Waals surface area contributed by atoms with Crippen LogP contribution in [-0.2, 0) is 11.3 Å². The monoisotopic (exact) mass is 236 g/mol. The molecule has 0 fully saturated rings. The summed E-state index contributed by atoms with van der Waals surface area (Å²) in [5.41, 5.74) is 1.23. The third kappa shape index (κ3) is 7.10. The lowest BCUT2D eigenvalue weighted by Crippen LogP contribution is -2.30. The van der Waals surface area contributed by atoms with Crippen molar-refractivity contribution in [1.82, 2.24) is 10.2 Å². The van der Waals surface area contributed by atoms with Crippen molar-refractivity contribution in [2.45, 2.75) is 13.5 Å². The predicted octanol–water partition coefficient (Wildman–Crippen LogP) is 1.74. The quantitative estimate of drug-likeness (QED) is 0.661. The molecule has 0 unspecified atom stereocenters. The highest BCUT2D eigenvalue weighted by Crippen LogP contribution is 1.99. The van der Waals surface area contributed by atoms with Crippen molar-refractivity contribution >= 4 is 0 Å². The number of hydrogen-bond acceptors (Lipinski definition) is 3. The van der Waals surface area contributed by atoms with E-state index in [-0.39, 0.29) is 0 Å². The van der Waals surface area contributed by atoms with E-state index in [0.29, 0.717) is 6.61 Å². The normalized spacial score (nSPS) is 11.0. The fraction of sp³-hybridized carbons (Fsp3) is 0.571. The largest absolute Gasteiger partial charge is 0.375 e. The molecule has 0 spiro atoms. The van der Waals surface area contributed by atoms with E-state index in [1.165, 1.54) is 5.56 Å². The van der Waals surface area contributed by atoms with Crippen LogP contribution < -0.4 is 5.32 Å². The maximum absolute atomic E-state index is 5.58. The molecule has 0 heterocycles. The first-order valence-electron chi connectivity index (χ1n) is 6.34. The van der Waals surface area contributed by atoms with Crippen LogP contribution in [-0.4, -0.2) is 44.7 Å². The zero-order chi connectivity index (χ0) is 12.3. The second-order valence-electron chi connectivity index (χ2n) is 4.18. The molecule has 3 heteroatoms. The Morgan fingerprint density at radius 3 is 2.65 bits per heavy atom. The summed E-state index contributed by atoms with van der Waals surface area (Å²) in [6.07, 6.45) is 0. The average Bonchev–Trinajstić information content (AvgIpc) is 2.38. The first-order chi connectivity index (χ1) is 8.33. The number of benzene rings is 1. The van der Waals surface area contributed by atoms with E-state index in [2.05, 4.69) is 36.3 Å². The van der Waals surface area contributed by atoms with E-state index in [4.69, 9.17) is 4.74 Å². The lowest BCUT2D eigenvalue weighted by Gasteiger charge is -2.13. The van der Waals surface area contributed by atoms with Crippen molar-refractivity contribution in [3.05, 3.63) is 35.9 Å². The summed E-state index contributed by atoms with van der Waals surface area (Å²) < 4.78 is 5.58. The van der Waals surface area contributed by atoms with Crippen LogP contribution in [0.4, 0.5) is 0 Å². The predicted molar refractivity (Wildman–Crippen MR) is 72.1 cm³/mol. The maximum Gasteiger partial charge on any atom is 0.0717 e. The molecule has 3 nitrogen and oxygen atoms in total. The molecule has 0 aliphatic heterocycles. The van der Waals surface area contributed by atoms with Crippen molar-refractivity contribution in [3.63, 3.8) is 0 Å². The molecular formula is C14H24N2O. The second-order valence-corrected chi connectivity index (χ2v) is 4.18. The van der Waals surface area contributed by atoms with E-state index in [9.17, 15) is 0 Å². The second kappa shape index (κ2) is 9.16. The average molecular weight is 236 g/mol. The standard InChI is InChI=1S/C14H24N2O/c1-3-16(2)11-9-15-10-12-17-13-14-7-5-4-6-8-14/h4-8,15H,3,9-13H2,1-2H3. The minimum atomic E-state index is 0.706. The summed E-state index contributed by atoms with van der Waals surface area (Å²) in [6, 6.07) is 10.3. The van der Waals surface area contributed by atoms with Gasteiger partial charge in [0.15, 0.2) is 0 Å². The third-order valence-corrected chi connectivity index (χ3v) is 2.74. The van der Waals surface area contributed by atoms with Gasteiger partial charge >= 0.3 is 0 Å². The summed E-state index contributed by atoms with van der Waals surface area (Å²) in [5, 5.41) is 3.37. The van der Waals surface area contributed by atoms with Gasteiger partial charge in [0.25, 0.3) is 0 Å². The topological polar surface area (TPSA) is 24.5 Å². The number of nitrogens with zero attached hydrogens (tertiary/aromatic N) is 1. The van der Waals surface area contributed by atoms with E-state index < -0.39 is 0 Å². The Bertz CT molecular complexity index is 277. The molecule has 0 amide bonds. The Morgan fingerprint density at radius 1 is 1.18 bits per heavy atom. The van der Waals surface area contributed by atoms with Gasteiger partial charge in [0.1, 0.15) is 0 Å². The Balaban J connectivity index is 1.91. The minimum Gasteiger partial charge on any atom is -0.375 e. The molecule has 1 rings (SSSR count). The highest BCUT2D eigenvalue weighted by atomic mass is 16.5. The number of hydrogen-bond donors (Lipinski definition) is 1. The van der Waals surface area contributed by atoms with Gasteiger partial charge < -0.3 is 15.0 Å². The summed E-state index contributed by atoms with van der Waals surface area (Å²) in [5.74, 6) is 0. The maximum atomic E-state index is 5.58. The fourth-order valence-corrected chi connectivity index (χ4v) is 1.46. The van der Waals surface area contributed by atoms with Gasteiger partial charge in [-0.15, -0.1) is 0 Å². The molecule has 0 bridgehead atoms. The van der Waals surface area contributed by atoms with Crippen molar-refractivity contribution in [1.29, 1.82) is 0 Å². The molecule has 1 aromatic carbocycles. The minimum absolute atomic E-state index is 0.706. The summed E-state index contributed by atoms with van der Waals surface area (Å²) in [6.45, 7) is 7.79. The molecule has 96 valence electrons. The molecule has 1 aromatic rings. The summed E-state index contributed by atoms with van der Waals surface area (Å²) in [7, 11) is 2.13. The van der Waals surface area contributed by atoms with E-state index in [1.807, 2.05) is 18.2 Å². The van der Waals surface area contributed by atoms with Crippen molar-refractivity contribution in [2.24, 2.45) is 0 Å². The Labute approximate surface area is 105 Å². The van der Waals surface area contributed by atoms with Gasteiger partial charge in [-0.05, 0) is 19.2 Å². The molecule has 0 saturated heterocycles. The van der Waals surface area contributed by atoms with E-state index in [1.54, 1.807) is 0 Å². The van der Waals surface area contributed by atoms with E-state index in [0.717, 1.165) is 32.8 Å². The molecular weight excluding hydrogens is 212 g/mol. The lowest BCUT2D eigenvalue weighted by molar-refractivity contribution is 0.122. The smallest absolute Gasteiger partial charge is 0.0717 e. The molecule has 0 radical (unpaired) electrons. The van der Waals surface area contributed by atoms with Gasteiger partial charge in [0, 0.05) is 19.6 Å². The van der Waals surface area contributed by atoms with Crippen molar-refractivity contribution in [3.8, 4) is 0 Å². The van der Waals surface area contributed by atoms with Gasteiger partial charge in [-0.2, -0.15) is 0 Å². The van der Waals surface area contributed by atoms with Crippen LogP contribution in [0.5, 0.6) is 0 Å². The number of likely N-dealkylation sites (N-methyl/N-ethyl adjacent to an activating group) is 1. The van der Waals surface area contributed by atoms with Crippen LogP contribution in [0.3, 0.4) is 0 Å². The van der Waals surface area contributed by atoms with Crippen LogP contribution in [0.2, 0.25) is 0 Å². The molecule has 0 atom stereocenters. The van der Waals surface area contributed by atoms with Crippen LogP contribution in [0.25, 0.3) is 0 Å². The van der Waals surface area contributed by atoms with Gasteiger partial charge in [0.05, 0.1) is 13.2 Å². The summed E-state index contributed by atoms with van der Waals surface area (Å²) >= 11 is 0. The molecule has 1 N–H and O–H groups in total. The van der Waals surface area contributed by atoms with Crippen LogP contribution in [0.15, 0.2) is 30.3 Å². The highest BCUT2D eigenvalue weighted by molar-refractivity contribution is 5.13. The molecule has 0 aromatic heterocycles. The van der Waals surface area contributed by atoms with Gasteiger partial charge in [-0.3, -0.25) is 0 Å². The van der Waals surface area contributed by atoms with Crippen LogP contribution in [0.1, 0.15) is 12.5 Å². The van der Waals surface area contributed by atoms with Crippen molar-refractivity contribution in [2.75, 3.05) is 39.8 Å². The van der Waals surface area contributed by atoms with Gasteiger partial charge in [-0.1, -0.05) is 37.3 Å². The van der Waals surface area contributed by atoms with Crippen LogP contribution in [0, 0.1) is 0 Å². The highest BCUT2D eigenvalue weighted by Gasteiger charge is 1.94. The van der Waals surface area contributed by atoms with Crippen molar-refractivity contribution < 1.29 is 4.74 Å².